The molecule has 0 aliphatic carbocycles. The van der Waals surface area contributed by atoms with Gasteiger partial charge >= 0.3 is 11.9 Å². The Morgan fingerprint density at radius 3 is 2.45 bits per heavy atom. The summed E-state index contributed by atoms with van der Waals surface area (Å²) in [4.78, 5) is 39.5. The number of ether oxygens (including phenoxy) is 3. The second-order valence-corrected chi connectivity index (χ2v) is 7.74. The normalized spacial score (nSPS) is 20.9. The van der Waals surface area contributed by atoms with Crippen LogP contribution in [0.1, 0.15) is 40.2 Å². The summed E-state index contributed by atoms with van der Waals surface area (Å²) >= 11 is 0. The molecule has 2 heterocycles. The summed E-state index contributed by atoms with van der Waals surface area (Å²) in [7, 11) is 0. The van der Waals surface area contributed by atoms with Gasteiger partial charge in [0, 0.05) is 11.3 Å². The van der Waals surface area contributed by atoms with Gasteiger partial charge < -0.3 is 25.3 Å². The molecule has 0 aromatic heterocycles. The number of anilines is 1. The van der Waals surface area contributed by atoms with Gasteiger partial charge in [-0.3, -0.25) is 4.79 Å². The van der Waals surface area contributed by atoms with E-state index in [-0.39, 0.29) is 29.4 Å². The van der Waals surface area contributed by atoms with Crippen LogP contribution in [-0.4, -0.2) is 30.1 Å². The summed E-state index contributed by atoms with van der Waals surface area (Å²) in [5.41, 5.74) is 3.91. The Labute approximate surface area is 168 Å². The van der Waals surface area contributed by atoms with Crippen LogP contribution in [0, 0.1) is 0 Å². The van der Waals surface area contributed by atoms with Crippen LogP contribution in [0.5, 0.6) is 0 Å². The molecule has 2 aliphatic heterocycles. The van der Waals surface area contributed by atoms with Crippen molar-refractivity contribution < 1.29 is 28.6 Å². The van der Waals surface area contributed by atoms with Crippen molar-refractivity contribution in [3.05, 3.63) is 52.6 Å². The Morgan fingerprint density at radius 1 is 1.17 bits per heavy atom. The predicted octanol–water partition coefficient (Wildman–Crippen LogP) is 2.26. The second kappa shape index (κ2) is 6.95. The van der Waals surface area contributed by atoms with Crippen LogP contribution in [0.3, 0.4) is 0 Å². The molecule has 0 radical (unpaired) electrons. The monoisotopic (exact) mass is 400 g/mol. The average Bonchev–Trinajstić information content (AvgIpc) is 2.86. The van der Waals surface area contributed by atoms with Crippen molar-refractivity contribution in [2.45, 2.75) is 45.6 Å². The van der Waals surface area contributed by atoms with Gasteiger partial charge in [-0.05, 0) is 40.7 Å². The molecule has 0 bridgehead atoms. The number of rotatable bonds is 3. The molecule has 1 unspecified atom stereocenters. The summed E-state index contributed by atoms with van der Waals surface area (Å²) in [6, 6.07) is 6.77. The molecule has 3 N–H and O–H groups in total. The Hall–Kier alpha value is -3.29. The number of hydrogen-bond acceptors (Lipinski definition) is 7. The molecule has 154 valence electrons. The van der Waals surface area contributed by atoms with Gasteiger partial charge in [-0.2, -0.15) is 0 Å². The third kappa shape index (κ3) is 3.14. The average molecular weight is 400 g/mol. The number of fused-ring (bicyclic) bond motifs is 2. The van der Waals surface area contributed by atoms with Gasteiger partial charge in [-0.15, -0.1) is 0 Å². The van der Waals surface area contributed by atoms with Gasteiger partial charge in [0.15, 0.2) is 0 Å². The van der Waals surface area contributed by atoms with E-state index in [1.54, 1.807) is 52.0 Å². The molecule has 8 nitrogen and oxygen atoms in total. The van der Waals surface area contributed by atoms with Crippen molar-refractivity contribution in [2.75, 3.05) is 11.9 Å². The lowest BCUT2D eigenvalue weighted by Crippen LogP contribution is -2.49. The van der Waals surface area contributed by atoms with Crippen molar-refractivity contribution in [1.29, 1.82) is 0 Å². The first-order valence-electron chi connectivity index (χ1n) is 9.24. The summed E-state index contributed by atoms with van der Waals surface area (Å²) in [5.74, 6) is -2.44. The smallest absolute Gasteiger partial charge is 0.341 e. The molecular weight excluding hydrogens is 376 g/mol. The minimum atomic E-state index is -1.84. The van der Waals surface area contributed by atoms with E-state index in [9.17, 15) is 14.4 Å². The van der Waals surface area contributed by atoms with Crippen LogP contribution in [0.2, 0.25) is 0 Å². The molecule has 0 saturated heterocycles. The Balaban J connectivity index is 2.34. The van der Waals surface area contributed by atoms with Crippen molar-refractivity contribution in [3.8, 4) is 0 Å². The lowest BCUT2D eigenvalue weighted by Gasteiger charge is -2.36. The quantitative estimate of drug-likeness (QED) is 0.747. The highest BCUT2D eigenvalue weighted by Gasteiger charge is 2.62. The molecule has 3 rings (SSSR count). The van der Waals surface area contributed by atoms with E-state index in [0.717, 1.165) is 0 Å². The first-order valence-corrected chi connectivity index (χ1v) is 9.24. The number of carbonyl (C=O) groups is 3. The molecule has 1 aromatic rings. The topological polar surface area (TPSA) is 117 Å². The lowest BCUT2D eigenvalue weighted by molar-refractivity contribution is -0.152. The van der Waals surface area contributed by atoms with Crippen LogP contribution in [0.15, 0.2) is 47.1 Å². The molecule has 2 aliphatic rings. The Kier molecular flexibility index (Phi) is 4.90. The highest BCUT2D eigenvalue weighted by Crippen LogP contribution is 2.52. The van der Waals surface area contributed by atoms with E-state index in [1.807, 2.05) is 0 Å². The summed E-state index contributed by atoms with van der Waals surface area (Å²) in [5, 5.41) is 2.74. The lowest BCUT2D eigenvalue weighted by atomic mass is 9.67. The first-order chi connectivity index (χ1) is 13.5. The van der Waals surface area contributed by atoms with E-state index in [0.29, 0.717) is 11.3 Å². The highest BCUT2D eigenvalue weighted by molar-refractivity contribution is 6.21. The number of amides is 1. The van der Waals surface area contributed by atoms with Crippen LogP contribution in [0.25, 0.3) is 0 Å². The second-order valence-electron chi connectivity index (χ2n) is 7.74. The van der Waals surface area contributed by atoms with E-state index < -0.39 is 28.9 Å². The zero-order chi connectivity index (χ0) is 21.6. The van der Waals surface area contributed by atoms with Crippen LogP contribution in [0.4, 0.5) is 5.69 Å². The zero-order valence-corrected chi connectivity index (χ0v) is 17.0. The predicted molar refractivity (Wildman–Crippen MR) is 104 cm³/mol. The molecule has 29 heavy (non-hydrogen) atoms. The molecule has 0 saturated carbocycles. The van der Waals surface area contributed by atoms with E-state index >= 15 is 0 Å². The SMILES string of the molecule is CCOC(=O)C1=C(C)OC(N)=C(C(=O)OC(C)(C)C)C12C(=O)Nc1ccccc12. The van der Waals surface area contributed by atoms with Gasteiger partial charge in [0.1, 0.15) is 27.9 Å². The fourth-order valence-corrected chi connectivity index (χ4v) is 3.68. The molecule has 1 amide bonds. The van der Waals surface area contributed by atoms with Crippen molar-refractivity contribution >= 4 is 23.5 Å². The van der Waals surface area contributed by atoms with Crippen LogP contribution >= 0.6 is 0 Å². The zero-order valence-electron chi connectivity index (χ0n) is 17.0. The number of esters is 2. The number of para-hydroxylation sites is 1. The Morgan fingerprint density at radius 2 is 1.83 bits per heavy atom. The number of allylic oxidation sites excluding steroid dienone is 1. The third-order valence-corrected chi connectivity index (χ3v) is 4.61. The minimum Gasteiger partial charge on any atom is -0.462 e. The summed E-state index contributed by atoms with van der Waals surface area (Å²) < 4.78 is 16.2. The summed E-state index contributed by atoms with van der Waals surface area (Å²) in [6.07, 6.45) is 0. The number of benzene rings is 1. The van der Waals surface area contributed by atoms with Crippen molar-refractivity contribution in [2.24, 2.45) is 5.73 Å². The maximum absolute atomic E-state index is 13.4. The van der Waals surface area contributed by atoms with Gasteiger partial charge in [0.25, 0.3) is 0 Å². The molecular formula is C21H24N2O6. The van der Waals surface area contributed by atoms with Gasteiger partial charge in [0.05, 0.1) is 6.61 Å². The maximum atomic E-state index is 13.4. The number of nitrogens with two attached hydrogens (primary N) is 1. The molecule has 0 fully saturated rings. The number of carbonyl (C=O) groups excluding carboxylic acids is 3. The number of nitrogens with one attached hydrogen (secondary N) is 1. The standard InChI is InChI=1S/C21H24N2O6/c1-6-27-17(24)14-11(2)28-16(22)15(18(25)29-20(3,4)5)21(14)12-9-7-8-10-13(12)23-19(21)26/h7-10H,6,22H2,1-5H3,(H,23,26). The minimum absolute atomic E-state index is 0.0793. The van der Waals surface area contributed by atoms with Crippen molar-refractivity contribution in [1.82, 2.24) is 0 Å². The van der Waals surface area contributed by atoms with Crippen LogP contribution < -0.4 is 11.1 Å². The Bertz CT molecular complexity index is 970. The van der Waals surface area contributed by atoms with E-state index in [1.165, 1.54) is 6.92 Å². The van der Waals surface area contributed by atoms with Gasteiger partial charge in [0.2, 0.25) is 11.8 Å². The molecule has 1 spiro atoms. The number of hydrogen-bond donors (Lipinski definition) is 2. The fraction of sp³-hybridized carbons (Fsp3) is 0.381. The van der Waals surface area contributed by atoms with Gasteiger partial charge in [-0.1, -0.05) is 18.2 Å². The maximum Gasteiger partial charge on any atom is 0.341 e. The van der Waals surface area contributed by atoms with Crippen molar-refractivity contribution in [3.63, 3.8) is 0 Å². The van der Waals surface area contributed by atoms with Gasteiger partial charge in [-0.25, -0.2) is 9.59 Å². The largest absolute Gasteiger partial charge is 0.462 e. The molecule has 1 aromatic carbocycles. The third-order valence-electron chi connectivity index (χ3n) is 4.61. The molecule has 8 heteroatoms. The fourth-order valence-electron chi connectivity index (χ4n) is 3.68. The summed E-state index contributed by atoms with van der Waals surface area (Å²) in [6.45, 7) is 8.29. The van der Waals surface area contributed by atoms with E-state index in [2.05, 4.69) is 5.32 Å². The molecule has 1 atom stereocenters. The van der Waals surface area contributed by atoms with E-state index in [4.69, 9.17) is 19.9 Å². The van der Waals surface area contributed by atoms with Crippen LogP contribution in [-0.2, 0) is 34.0 Å². The highest BCUT2D eigenvalue weighted by atomic mass is 16.6. The first kappa shape index (κ1) is 20.4.